The second-order valence-electron chi connectivity index (χ2n) is 6.51. The van der Waals surface area contributed by atoms with Crippen molar-refractivity contribution < 1.29 is 0 Å². The summed E-state index contributed by atoms with van der Waals surface area (Å²) in [4.78, 5) is 0. The molecule has 108 valence electrons. The molecule has 0 heterocycles. The van der Waals surface area contributed by atoms with Crippen LogP contribution in [-0.2, 0) is 6.42 Å². The molecule has 0 aliphatic heterocycles. The first-order chi connectivity index (χ1) is 10.4. The van der Waals surface area contributed by atoms with Gasteiger partial charge in [-0.05, 0) is 66.5 Å². The van der Waals surface area contributed by atoms with E-state index in [0.717, 1.165) is 5.92 Å². The molecule has 1 N–H and O–H groups in total. The maximum absolute atomic E-state index is 3.43. The minimum Gasteiger partial charge on any atom is -0.313 e. The minimum atomic E-state index is 0.552. The molecular formula is C20H23N. The highest BCUT2D eigenvalue weighted by atomic mass is 14.9. The normalized spacial score (nSPS) is 21.1. The van der Waals surface area contributed by atoms with Gasteiger partial charge >= 0.3 is 0 Å². The fourth-order valence-corrected chi connectivity index (χ4v) is 3.92. The summed E-state index contributed by atoms with van der Waals surface area (Å²) >= 11 is 0. The molecular weight excluding hydrogens is 254 g/mol. The summed E-state index contributed by atoms with van der Waals surface area (Å²) in [6, 6.07) is 16.7. The van der Waals surface area contributed by atoms with Crippen LogP contribution in [0.5, 0.6) is 0 Å². The van der Waals surface area contributed by atoms with Gasteiger partial charge in [0.2, 0.25) is 0 Å². The topological polar surface area (TPSA) is 12.0 Å². The summed E-state index contributed by atoms with van der Waals surface area (Å²) in [5, 5.41) is 3.43. The Balaban J connectivity index is 1.75. The Morgan fingerprint density at radius 2 is 1.81 bits per heavy atom. The Morgan fingerprint density at radius 1 is 0.952 bits per heavy atom. The maximum atomic E-state index is 3.43. The first-order valence-corrected chi connectivity index (χ1v) is 8.26. The molecule has 1 nitrogen and oxygen atoms in total. The predicted octanol–water partition coefficient (Wildman–Crippen LogP) is 4.83. The molecule has 1 unspecified atom stereocenters. The van der Waals surface area contributed by atoms with E-state index in [-0.39, 0.29) is 0 Å². The molecule has 21 heavy (non-hydrogen) atoms. The van der Waals surface area contributed by atoms with Crippen molar-refractivity contribution in [2.75, 3.05) is 7.05 Å². The summed E-state index contributed by atoms with van der Waals surface area (Å²) in [6.07, 6.45) is 6.57. The summed E-state index contributed by atoms with van der Waals surface area (Å²) in [5.41, 5.74) is 7.47. The number of fused-ring (bicyclic) bond motifs is 1. The van der Waals surface area contributed by atoms with Gasteiger partial charge in [0.25, 0.3) is 0 Å². The van der Waals surface area contributed by atoms with E-state index >= 15 is 0 Å². The number of benzene rings is 2. The third-order valence-corrected chi connectivity index (χ3v) is 5.39. The van der Waals surface area contributed by atoms with Crippen molar-refractivity contribution >= 4 is 0 Å². The number of aryl methyl sites for hydroxylation is 1. The van der Waals surface area contributed by atoms with E-state index < -0.39 is 0 Å². The average molecular weight is 277 g/mol. The monoisotopic (exact) mass is 277 g/mol. The van der Waals surface area contributed by atoms with Crippen LogP contribution >= 0.6 is 0 Å². The van der Waals surface area contributed by atoms with Gasteiger partial charge in [-0.15, -0.1) is 0 Å². The lowest BCUT2D eigenvalue weighted by Crippen LogP contribution is -2.12. The van der Waals surface area contributed by atoms with Crippen LogP contribution in [-0.4, -0.2) is 7.05 Å². The summed E-state index contributed by atoms with van der Waals surface area (Å²) in [7, 11) is 2.07. The van der Waals surface area contributed by atoms with Crippen molar-refractivity contribution in [1.82, 2.24) is 5.32 Å². The zero-order chi connectivity index (χ0) is 14.2. The van der Waals surface area contributed by atoms with Crippen molar-refractivity contribution in [2.24, 2.45) is 0 Å². The van der Waals surface area contributed by atoms with Gasteiger partial charge in [-0.25, -0.2) is 0 Å². The molecule has 2 aliphatic rings. The molecule has 0 radical (unpaired) electrons. The largest absolute Gasteiger partial charge is 0.313 e. The van der Waals surface area contributed by atoms with Crippen molar-refractivity contribution in [3.8, 4) is 11.1 Å². The molecule has 1 heteroatoms. The zero-order valence-electron chi connectivity index (χ0n) is 12.7. The molecule has 2 aromatic rings. The average Bonchev–Trinajstić information content (AvgIpc) is 2.88. The number of nitrogens with one attached hydrogen (secondary N) is 1. The molecule has 2 aliphatic carbocycles. The molecule has 0 saturated heterocycles. The zero-order valence-corrected chi connectivity index (χ0v) is 12.7. The Kier molecular flexibility index (Phi) is 3.31. The third kappa shape index (κ3) is 2.20. The van der Waals surface area contributed by atoms with E-state index in [1.807, 2.05) is 0 Å². The second kappa shape index (κ2) is 5.31. The molecule has 1 fully saturated rings. The number of hydrogen-bond donors (Lipinski definition) is 1. The maximum Gasteiger partial charge on any atom is 0.0323 e. The Morgan fingerprint density at radius 3 is 2.57 bits per heavy atom. The lowest BCUT2D eigenvalue weighted by atomic mass is 9.77. The van der Waals surface area contributed by atoms with Gasteiger partial charge in [-0.3, -0.25) is 0 Å². The second-order valence-corrected chi connectivity index (χ2v) is 6.51. The van der Waals surface area contributed by atoms with E-state index in [2.05, 4.69) is 54.8 Å². The highest BCUT2D eigenvalue weighted by Crippen LogP contribution is 2.42. The third-order valence-electron chi connectivity index (χ3n) is 5.39. The molecule has 2 aromatic carbocycles. The SMILES string of the molecule is CNC1CCc2cc(-c3ccccc3C3CCC3)ccc21. The van der Waals surface area contributed by atoms with E-state index in [4.69, 9.17) is 0 Å². The molecule has 1 atom stereocenters. The van der Waals surface area contributed by atoms with Crippen LogP contribution in [0.25, 0.3) is 11.1 Å². The number of rotatable bonds is 3. The molecule has 4 rings (SSSR count). The van der Waals surface area contributed by atoms with Crippen LogP contribution in [0.1, 0.15) is 54.3 Å². The van der Waals surface area contributed by atoms with Crippen molar-refractivity contribution in [2.45, 2.75) is 44.1 Å². The highest BCUT2D eigenvalue weighted by molar-refractivity contribution is 5.70. The lowest BCUT2D eigenvalue weighted by Gasteiger charge is -2.28. The fourth-order valence-electron chi connectivity index (χ4n) is 3.92. The fraction of sp³-hybridized carbons (Fsp3) is 0.400. The van der Waals surface area contributed by atoms with Gasteiger partial charge in [0, 0.05) is 6.04 Å². The number of hydrogen-bond acceptors (Lipinski definition) is 1. The van der Waals surface area contributed by atoms with Crippen molar-refractivity contribution in [3.05, 3.63) is 59.2 Å². The standard InChI is InChI=1S/C20H23N/c1-21-20-12-10-16-13-15(9-11-19(16)20)18-8-3-2-7-17(18)14-5-4-6-14/h2-3,7-9,11,13-14,20-21H,4-6,10,12H2,1H3. The van der Waals surface area contributed by atoms with Crippen LogP contribution < -0.4 is 5.32 Å². The first-order valence-electron chi connectivity index (χ1n) is 8.26. The predicted molar refractivity (Wildman–Crippen MR) is 88.6 cm³/mol. The van der Waals surface area contributed by atoms with E-state index in [1.54, 1.807) is 5.56 Å². The Hall–Kier alpha value is -1.60. The van der Waals surface area contributed by atoms with E-state index in [0.29, 0.717) is 6.04 Å². The van der Waals surface area contributed by atoms with Crippen molar-refractivity contribution in [3.63, 3.8) is 0 Å². The van der Waals surface area contributed by atoms with Crippen LogP contribution in [0.15, 0.2) is 42.5 Å². The Bertz CT molecular complexity index is 655. The summed E-state index contributed by atoms with van der Waals surface area (Å²) < 4.78 is 0. The van der Waals surface area contributed by atoms with Gasteiger partial charge in [-0.1, -0.05) is 48.9 Å². The highest BCUT2D eigenvalue weighted by Gasteiger charge is 2.24. The van der Waals surface area contributed by atoms with Gasteiger partial charge in [0.1, 0.15) is 0 Å². The lowest BCUT2D eigenvalue weighted by molar-refractivity contribution is 0.420. The van der Waals surface area contributed by atoms with E-state index in [9.17, 15) is 0 Å². The van der Waals surface area contributed by atoms with Gasteiger partial charge < -0.3 is 5.32 Å². The van der Waals surface area contributed by atoms with Crippen LogP contribution in [0.4, 0.5) is 0 Å². The van der Waals surface area contributed by atoms with Gasteiger partial charge in [-0.2, -0.15) is 0 Å². The van der Waals surface area contributed by atoms with Gasteiger partial charge in [0.15, 0.2) is 0 Å². The van der Waals surface area contributed by atoms with Crippen LogP contribution in [0.3, 0.4) is 0 Å². The minimum absolute atomic E-state index is 0.552. The molecule has 0 spiro atoms. The quantitative estimate of drug-likeness (QED) is 0.847. The van der Waals surface area contributed by atoms with Crippen LogP contribution in [0, 0.1) is 0 Å². The first kappa shape index (κ1) is 13.1. The molecule has 0 amide bonds. The summed E-state index contributed by atoms with van der Waals surface area (Å²) in [6.45, 7) is 0. The Labute approximate surface area is 127 Å². The summed E-state index contributed by atoms with van der Waals surface area (Å²) in [5.74, 6) is 0.791. The smallest absolute Gasteiger partial charge is 0.0323 e. The molecule has 1 saturated carbocycles. The molecule has 0 bridgehead atoms. The van der Waals surface area contributed by atoms with Gasteiger partial charge in [0.05, 0.1) is 0 Å². The van der Waals surface area contributed by atoms with Crippen LogP contribution in [0.2, 0.25) is 0 Å². The van der Waals surface area contributed by atoms with E-state index in [1.165, 1.54) is 54.4 Å². The molecule has 0 aromatic heterocycles. The van der Waals surface area contributed by atoms with Crippen molar-refractivity contribution in [1.29, 1.82) is 0 Å².